The number of nitrogens with zero attached hydrogens (tertiary/aromatic N) is 1. The molecule has 2 aromatic carbocycles. The van der Waals surface area contributed by atoms with Crippen LogP contribution in [0, 0.1) is 0 Å². The van der Waals surface area contributed by atoms with Gasteiger partial charge in [0.1, 0.15) is 17.0 Å². The van der Waals surface area contributed by atoms with Crippen LogP contribution in [0.2, 0.25) is 0 Å². The van der Waals surface area contributed by atoms with Crippen LogP contribution < -0.4 is 10.1 Å². The first-order valence-corrected chi connectivity index (χ1v) is 13.5. The minimum absolute atomic E-state index is 0.0471. The standard InChI is InChI=1S/C31H40N2O4/c1-6-33(7-2)28(34)23-17-15-22(16-18-23)26-21-31(36-27-14-9-8-13-25(26)27)19-11-10-12-24(20-31)32-29(35)37-30(3,4)5/h8-9,13-18,21,24H,6-7,10-12,19-20H2,1-5H3,(H,32,35). The van der Waals surface area contributed by atoms with Crippen LogP contribution in [0.15, 0.2) is 54.6 Å². The number of fused-ring (bicyclic) bond motifs is 1. The van der Waals surface area contributed by atoms with Gasteiger partial charge in [-0.25, -0.2) is 4.79 Å². The van der Waals surface area contributed by atoms with Gasteiger partial charge in [0.25, 0.3) is 5.91 Å². The zero-order chi connectivity index (χ0) is 26.6. The molecule has 2 unspecified atom stereocenters. The number of nitrogens with one attached hydrogen (secondary N) is 1. The number of carbonyl (C=O) groups excluding carboxylic acids is 2. The van der Waals surface area contributed by atoms with Crippen LogP contribution in [-0.2, 0) is 4.74 Å². The third-order valence-corrected chi connectivity index (χ3v) is 7.11. The SMILES string of the molecule is CCN(CC)C(=O)c1ccc(C2=CC3(CCCCC(NC(=O)OC(C)(C)C)C3)Oc3ccccc32)cc1. The van der Waals surface area contributed by atoms with Gasteiger partial charge in [-0.1, -0.05) is 36.8 Å². The second-order valence-corrected chi connectivity index (χ2v) is 11.1. The van der Waals surface area contributed by atoms with E-state index in [1.54, 1.807) is 0 Å². The van der Waals surface area contributed by atoms with E-state index in [-0.39, 0.29) is 18.0 Å². The first-order valence-electron chi connectivity index (χ1n) is 13.5. The number of benzene rings is 2. The first kappa shape index (κ1) is 26.8. The van der Waals surface area contributed by atoms with Crippen LogP contribution in [0.5, 0.6) is 5.75 Å². The Bertz CT molecular complexity index is 1140. The van der Waals surface area contributed by atoms with Gasteiger partial charge < -0.3 is 19.7 Å². The number of ether oxygens (including phenoxy) is 2. The van der Waals surface area contributed by atoms with Gasteiger partial charge >= 0.3 is 6.09 Å². The van der Waals surface area contributed by atoms with Crippen molar-refractivity contribution in [3.8, 4) is 5.75 Å². The predicted octanol–water partition coefficient (Wildman–Crippen LogP) is 6.59. The Morgan fingerprint density at radius 2 is 1.76 bits per heavy atom. The molecular weight excluding hydrogens is 464 g/mol. The molecule has 6 nitrogen and oxygen atoms in total. The van der Waals surface area contributed by atoms with Crippen molar-refractivity contribution in [2.45, 2.75) is 84.0 Å². The summed E-state index contributed by atoms with van der Waals surface area (Å²) < 4.78 is 12.2. The smallest absolute Gasteiger partial charge is 0.407 e. The quantitative estimate of drug-likeness (QED) is 0.499. The second-order valence-electron chi connectivity index (χ2n) is 11.1. The molecule has 2 atom stereocenters. The molecule has 2 amide bonds. The summed E-state index contributed by atoms with van der Waals surface area (Å²) in [5.41, 5.74) is 2.80. The Kier molecular flexibility index (Phi) is 7.96. The van der Waals surface area contributed by atoms with Crippen molar-refractivity contribution in [1.29, 1.82) is 0 Å². The van der Waals surface area contributed by atoms with E-state index in [1.807, 2.05) is 82.0 Å². The number of rotatable bonds is 5. The molecule has 0 radical (unpaired) electrons. The number of carbonyl (C=O) groups is 2. The molecule has 1 N–H and O–H groups in total. The molecule has 6 heteroatoms. The summed E-state index contributed by atoms with van der Waals surface area (Å²) in [5, 5.41) is 3.09. The van der Waals surface area contributed by atoms with Gasteiger partial charge in [-0.05, 0) is 89.3 Å². The van der Waals surface area contributed by atoms with E-state index >= 15 is 0 Å². The van der Waals surface area contributed by atoms with E-state index in [2.05, 4.69) is 17.5 Å². The molecular formula is C31H40N2O4. The molecule has 1 saturated carbocycles. The monoisotopic (exact) mass is 504 g/mol. The van der Waals surface area contributed by atoms with Crippen LogP contribution in [0.25, 0.3) is 5.57 Å². The number of hydrogen-bond acceptors (Lipinski definition) is 4. The lowest BCUT2D eigenvalue weighted by Gasteiger charge is -2.38. The zero-order valence-electron chi connectivity index (χ0n) is 22.8. The summed E-state index contributed by atoms with van der Waals surface area (Å²) >= 11 is 0. The highest BCUT2D eigenvalue weighted by molar-refractivity contribution is 5.95. The number of para-hydroxylation sites is 1. The van der Waals surface area contributed by atoms with Crippen molar-refractivity contribution in [3.63, 3.8) is 0 Å². The maximum Gasteiger partial charge on any atom is 0.407 e. The number of alkyl carbamates (subject to hydrolysis) is 1. The summed E-state index contributed by atoms with van der Waals surface area (Å²) in [4.78, 5) is 27.2. The lowest BCUT2D eigenvalue weighted by Crippen LogP contribution is -2.45. The van der Waals surface area contributed by atoms with Crippen molar-refractivity contribution in [3.05, 3.63) is 71.3 Å². The Morgan fingerprint density at radius 3 is 2.43 bits per heavy atom. The molecule has 0 bridgehead atoms. The van der Waals surface area contributed by atoms with Crippen LogP contribution in [0.4, 0.5) is 4.79 Å². The van der Waals surface area contributed by atoms with Crippen molar-refractivity contribution in [1.82, 2.24) is 10.2 Å². The van der Waals surface area contributed by atoms with Gasteiger partial charge in [0.15, 0.2) is 0 Å². The van der Waals surface area contributed by atoms with Gasteiger partial charge in [0.05, 0.1) is 0 Å². The summed E-state index contributed by atoms with van der Waals surface area (Å²) in [6.45, 7) is 11.0. The Labute approximate surface area is 221 Å². The van der Waals surface area contributed by atoms with Gasteiger partial charge in [-0.3, -0.25) is 4.79 Å². The minimum atomic E-state index is -0.543. The molecule has 2 aliphatic rings. The molecule has 1 spiro atoms. The van der Waals surface area contributed by atoms with Gasteiger partial charge in [-0.2, -0.15) is 0 Å². The van der Waals surface area contributed by atoms with E-state index in [9.17, 15) is 9.59 Å². The highest BCUT2D eigenvalue weighted by Gasteiger charge is 2.40. The molecule has 1 fully saturated rings. The molecule has 4 rings (SSSR count). The molecule has 1 aliphatic heterocycles. The Balaban J connectivity index is 1.65. The van der Waals surface area contributed by atoms with Crippen LogP contribution >= 0.6 is 0 Å². The summed E-state index contributed by atoms with van der Waals surface area (Å²) in [5.74, 6) is 0.899. The fraction of sp³-hybridized carbons (Fsp3) is 0.484. The van der Waals surface area contributed by atoms with Crippen LogP contribution in [0.3, 0.4) is 0 Å². The van der Waals surface area contributed by atoms with E-state index < -0.39 is 11.2 Å². The normalized spacial score (nSPS) is 21.2. The maximum absolute atomic E-state index is 12.8. The summed E-state index contributed by atoms with van der Waals surface area (Å²) in [6.07, 6.45) is 6.30. The van der Waals surface area contributed by atoms with Gasteiger partial charge in [0, 0.05) is 36.7 Å². The molecule has 0 aromatic heterocycles. The lowest BCUT2D eigenvalue weighted by molar-refractivity contribution is 0.0459. The minimum Gasteiger partial charge on any atom is -0.482 e. The average molecular weight is 505 g/mol. The molecule has 37 heavy (non-hydrogen) atoms. The van der Waals surface area contributed by atoms with Crippen LogP contribution in [0.1, 0.15) is 88.2 Å². The third kappa shape index (κ3) is 6.35. The largest absolute Gasteiger partial charge is 0.482 e. The molecule has 1 aliphatic carbocycles. The maximum atomic E-state index is 12.8. The van der Waals surface area contributed by atoms with E-state index in [4.69, 9.17) is 9.47 Å². The summed E-state index contributed by atoms with van der Waals surface area (Å²) in [6, 6.07) is 16.0. The fourth-order valence-electron chi connectivity index (χ4n) is 5.35. The average Bonchev–Trinajstić information content (AvgIpc) is 3.04. The molecule has 1 heterocycles. The number of hydrogen-bond donors (Lipinski definition) is 1. The Morgan fingerprint density at radius 1 is 1.05 bits per heavy atom. The molecule has 198 valence electrons. The second kappa shape index (κ2) is 11.0. The number of amides is 2. The summed E-state index contributed by atoms with van der Waals surface area (Å²) in [7, 11) is 0. The van der Waals surface area contributed by atoms with Gasteiger partial charge in [0.2, 0.25) is 0 Å². The van der Waals surface area contributed by atoms with Crippen molar-refractivity contribution in [2.75, 3.05) is 13.1 Å². The zero-order valence-corrected chi connectivity index (χ0v) is 22.8. The topological polar surface area (TPSA) is 67.9 Å². The van der Waals surface area contributed by atoms with E-state index in [1.165, 1.54) is 0 Å². The van der Waals surface area contributed by atoms with Crippen LogP contribution in [-0.4, -0.2) is 47.2 Å². The van der Waals surface area contributed by atoms with E-state index in [0.717, 1.165) is 48.1 Å². The van der Waals surface area contributed by atoms with Crippen molar-refractivity contribution in [2.24, 2.45) is 0 Å². The first-order chi connectivity index (χ1) is 17.6. The molecule has 0 saturated heterocycles. The van der Waals surface area contributed by atoms with Crippen molar-refractivity contribution < 1.29 is 19.1 Å². The van der Waals surface area contributed by atoms with Crippen molar-refractivity contribution >= 4 is 17.6 Å². The Hall–Kier alpha value is -3.28. The van der Waals surface area contributed by atoms with E-state index in [0.29, 0.717) is 25.1 Å². The molecule has 2 aromatic rings. The lowest BCUT2D eigenvalue weighted by atomic mass is 9.83. The highest BCUT2D eigenvalue weighted by atomic mass is 16.6. The predicted molar refractivity (Wildman–Crippen MR) is 147 cm³/mol. The highest BCUT2D eigenvalue weighted by Crippen LogP contribution is 2.44. The van der Waals surface area contributed by atoms with Gasteiger partial charge in [-0.15, -0.1) is 0 Å². The fourth-order valence-corrected chi connectivity index (χ4v) is 5.35. The third-order valence-electron chi connectivity index (χ3n) is 7.11.